The van der Waals surface area contributed by atoms with Crippen molar-refractivity contribution in [3.63, 3.8) is 0 Å². The van der Waals surface area contributed by atoms with Crippen LogP contribution in [-0.2, 0) is 19.2 Å². The number of carbonyl (C=O) groups excluding carboxylic acids is 3. The summed E-state index contributed by atoms with van der Waals surface area (Å²) in [7, 11) is 0. The van der Waals surface area contributed by atoms with Gasteiger partial charge in [0.15, 0.2) is 0 Å². The molecule has 156 valence electrons. The second kappa shape index (κ2) is 12.5. The second-order valence-corrected chi connectivity index (χ2v) is 7.44. The monoisotopic (exact) mass is 406 g/mol. The number of nitrogens with one attached hydrogen (secondary N) is 3. The molecule has 7 N–H and O–H groups in total. The Bertz CT molecular complexity index is 529. The predicted octanol–water partition coefficient (Wildman–Crippen LogP) is -1.73. The maximum atomic E-state index is 12.6. The van der Waals surface area contributed by atoms with Crippen LogP contribution in [0.25, 0.3) is 0 Å². The first-order chi connectivity index (χ1) is 12.5. The van der Waals surface area contributed by atoms with E-state index in [0.717, 1.165) is 0 Å². The minimum absolute atomic E-state index is 0.124. The van der Waals surface area contributed by atoms with Gasteiger partial charge in [0.1, 0.15) is 18.6 Å². The van der Waals surface area contributed by atoms with Gasteiger partial charge in [-0.05, 0) is 31.3 Å². The molecule has 0 spiro atoms. The molecule has 0 aliphatic rings. The number of carbonyl (C=O) groups is 4. The summed E-state index contributed by atoms with van der Waals surface area (Å²) >= 11 is 1.48. The molecule has 0 saturated carbocycles. The van der Waals surface area contributed by atoms with Crippen molar-refractivity contribution in [2.45, 2.75) is 51.4 Å². The Kier molecular flexibility index (Phi) is 11.7. The van der Waals surface area contributed by atoms with Gasteiger partial charge in [-0.15, -0.1) is 0 Å². The predicted molar refractivity (Wildman–Crippen MR) is 102 cm³/mol. The number of carboxylic acids is 1. The highest BCUT2D eigenvalue weighted by molar-refractivity contribution is 7.98. The van der Waals surface area contributed by atoms with E-state index in [-0.39, 0.29) is 5.92 Å². The van der Waals surface area contributed by atoms with Crippen LogP contribution in [0.4, 0.5) is 0 Å². The summed E-state index contributed by atoms with van der Waals surface area (Å²) < 4.78 is 0. The van der Waals surface area contributed by atoms with E-state index in [1.54, 1.807) is 13.8 Å². The van der Waals surface area contributed by atoms with E-state index in [9.17, 15) is 24.3 Å². The van der Waals surface area contributed by atoms with Gasteiger partial charge in [0.05, 0.1) is 12.1 Å². The normalized spacial score (nSPS) is 15.4. The zero-order valence-electron chi connectivity index (χ0n) is 16.0. The first kappa shape index (κ1) is 25.1. The fourth-order valence-corrected chi connectivity index (χ4v) is 2.48. The van der Waals surface area contributed by atoms with E-state index < -0.39 is 54.5 Å². The Morgan fingerprint density at radius 3 is 2.07 bits per heavy atom. The summed E-state index contributed by atoms with van der Waals surface area (Å²) in [6, 6.07) is -3.09. The average molecular weight is 407 g/mol. The summed E-state index contributed by atoms with van der Waals surface area (Å²) in [5.41, 5.74) is 5.79. The number of rotatable bonds is 12. The molecular formula is C16H30N4O6S. The van der Waals surface area contributed by atoms with E-state index in [1.807, 2.05) is 6.26 Å². The zero-order chi connectivity index (χ0) is 21.1. The molecule has 4 unspecified atom stereocenters. The molecule has 0 heterocycles. The fraction of sp³-hybridized carbons (Fsp3) is 0.750. The van der Waals surface area contributed by atoms with Crippen LogP contribution in [0.15, 0.2) is 0 Å². The second-order valence-electron chi connectivity index (χ2n) is 6.45. The summed E-state index contributed by atoms with van der Waals surface area (Å²) in [6.07, 6.45) is 0.874. The van der Waals surface area contributed by atoms with E-state index >= 15 is 0 Å². The molecule has 0 rings (SSSR count). The SMILES string of the molecule is CSCCC(NC(=O)C(N)C(C)C)C(=O)NC(C(=O)NCC(=O)O)C(C)O. The number of amides is 3. The lowest BCUT2D eigenvalue weighted by atomic mass is 10.0. The molecule has 3 amide bonds. The van der Waals surface area contributed by atoms with Gasteiger partial charge >= 0.3 is 5.97 Å². The van der Waals surface area contributed by atoms with Crippen molar-refractivity contribution < 1.29 is 29.4 Å². The van der Waals surface area contributed by atoms with Gasteiger partial charge < -0.3 is 31.9 Å². The third-order valence-corrected chi connectivity index (χ3v) is 4.39. The quantitative estimate of drug-likeness (QED) is 0.222. The summed E-state index contributed by atoms with van der Waals surface area (Å²) in [4.78, 5) is 47.3. The number of aliphatic carboxylic acids is 1. The molecular weight excluding hydrogens is 376 g/mol. The lowest BCUT2D eigenvalue weighted by molar-refractivity contribution is -0.139. The maximum Gasteiger partial charge on any atom is 0.322 e. The lowest BCUT2D eigenvalue weighted by Crippen LogP contribution is -2.59. The van der Waals surface area contributed by atoms with Crippen LogP contribution in [0, 0.1) is 5.92 Å². The van der Waals surface area contributed by atoms with E-state index in [0.29, 0.717) is 12.2 Å². The number of nitrogens with two attached hydrogens (primary N) is 1. The molecule has 0 aromatic rings. The van der Waals surface area contributed by atoms with Crippen LogP contribution < -0.4 is 21.7 Å². The van der Waals surface area contributed by atoms with Crippen LogP contribution >= 0.6 is 11.8 Å². The van der Waals surface area contributed by atoms with Crippen molar-refractivity contribution in [1.82, 2.24) is 16.0 Å². The van der Waals surface area contributed by atoms with Crippen molar-refractivity contribution >= 4 is 35.5 Å². The van der Waals surface area contributed by atoms with Crippen LogP contribution in [0.5, 0.6) is 0 Å². The van der Waals surface area contributed by atoms with Crippen LogP contribution in [-0.4, -0.2) is 76.7 Å². The Labute approximate surface area is 163 Å². The van der Waals surface area contributed by atoms with Crippen molar-refractivity contribution in [3.05, 3.63) is 0 Å². The molecule has 10 nitrogen and oxygen atoms in total. The third kappa shape index (κ3) is 9.59. The van der Waals surface area contributed by atoms with E-state index in [1.165, 1.54) is 18.7 Å². The van der Waals surface area contributed by atoms with E-state index in [4.69, 9.17) is 10.8 Å². The highest BCUT2D eigenvalue weighted by Gasteiger charge is 2.30. The van der Waals surface area contributed by atoms with Crippen LogP contribution in [0.3, 0.4) is 0 Å². The highest BCUT2D eigenvalue weighted by atomic mass is 32.2. The summed E-state index contributed by atoms with van der Waals surface area (Å²) in [5, 5.41) is 25.4. The molecule has 4 atom stereocenters. The van der Waals surface area contributed by atoms with Crippen molar-refractivity contribution in [3.8, 4) is 0 Å². The largest absolute Gasteiger partial charge is 0.480 e. The molecule has 11 heteroatoms. The lowest BCUT2D eigenvalue weighted by Gasteiger charge is -2.25. The average Bonchev–Trinajstić information content (AvgIpc) is 2.59. The molecule has 0 bridgehead atoms. The van der Waals surface area contributed by atoms with E-state index in [2.05, 4.69) is 16.0 Å². The van der Waals surface area contributed by atoms with Gasteiger partial charge in [-0.1, -0.05) is 13.8 Å². The summed E-state index contributed by atoms with van der Waals surface area (Å²) in [5.74, 6) is -2.80. The van der Waals surface area contributed by atoms with Gasteiger partial charge in [-0.25, -0.2) is 0 Å². The standard InChI is InChI=1S/C16H30N4O6S/c1-8(2)12(17)15(25)19-10(5-6-27-4)14(24)20-13(9(3)21)16(26)18-7-11(22)23/h8-10,12-13,21H,5-7,17H2,1-4H3,(H,18,26)(H,19,25)(H,20,24)(H,22,23). The molecule has 0 radical (unpaired) electrons. The Hall–Kier alpha value is -1.85. The first-order valence-electron chi connectivity index (χ1n) is 8.54. The van der Waals surface area contributed by atoms with Crippen LogP contribution in [0.2, 0.25) is 0 Å². The number of thioether (sulfide) groups is 1. The third-order valence-electron chi connectivity index (χ3n) is 3.74. The molecule has 0 aliphatic heterocycles. The smallest absolute Gasteiger partial charge is 0.322 e. The molecule has 0 aromatic carbocycles. The maximum absolute atomic E-state index is 12.6. The molecule has 0 aliphatic carbocycles. The van der Waals surface area contributed by atoms with Gasteiger partial charge in [0, 0.05) is 0 Å². The van der Waals surface area contributed by atoms with Crippen molar-refractivity contribution in [2.24, 2.45) is 11.7 Å². The highest BCUT2D eigenvalue weighted by Crippen LogP contribution is 2.05. The number of aliphatic hydroxyl groups excluding tert-OH is 1. The number of carboxylic acid groups (broad SMARTS) is 1. The summed E-state index contributed by atoms with van der Waals surface area (Å²) in [6.45, 7) is 4.19. The van der Waals surface area contributed by atoms with Crippen molar-refractivity contribution in [1.29, 1.82) is 0 Å². The molecule has 0 saturated heterocycles. The minimum Gasteiger partial charge on any atom is -0.480 e. The number of hydrogen-bond acceptors (Lipinski definition) is 7. The molecule has 0 fully saturated rings. The topological polar surface area (TPSA) is 171 Å². The van der Waals surface area contributed by atoms with Crippen LogP contribution in [0.1, 0.15) is 27.2 Å². The molecule has 0 aromatic heterocycles. The Morgan fingerprint density at radius 2 is 1.63 bits per heavy atom. The van der Waals surface area contributed by atoms with Gasteiger partial charge in [-0.2, -0.15) is 11.8 Å². The van der Waals surface area contributed by atoms with Gasteiger partial charge in [0.2, 0.25) is 17.7 Å². The van der Waals surface area contributed by atoms with Gasteiger partial charge in [0.25, 0.3) is 0 Å². The number of hydrogen-bond donors (Lipinski definition) is 6. The molecule has 27 heavy (non-hydrogen) atoms. The van der Waals surface area contributed by atoms with Gasteiger partial charge in [-0.3, -0.25) is 19.2 Å². The Balaban J connectivity index is 5.13. The zero-order valence-corrected chi connectivity index (χ0v) is 16.8. The fourth-order valence-electron chi connectivity index (χ4n) is 2.01. The Morgan fingerprint density at radius 1 is 1.04 bits per heavy atom. The number of aliphatic hydroxyl groups is 1. The van der Waals surface area contributed by atoms with Crippen molar-refractivity contribution in [2.75, 3.05) is 18.6 Å². The first-order valence-corrected chi connectivity index (χ1v) is 9.93. The minimum atomic E-state index is -1.36.